The van der Waals surface area contributed by atoms with Crippen molar-refractivity contribution in [3.8, 4) is 17.3 Å². The van der Waals surface area contributed by atoms with Crippen LogP contribution in [0.1, 0.15) is 17.2 Å². The molecule has 122 valence electrons. The van der Waals surface area contributed by atoms with E-state index >= 15 is 0 Å². The lowest BCUT2D eigenvalue weighted by Gasteiger charge is -2.29. The van der Waals surface area contributed by atoms with E-state index in [9.17, 15) is 10.1 Å². The Balaban J connectivity index is 1.99. The number of carbonyl (C=O) groups is 1. The normalized spacial score (nSPS) is 18.9. The summed E-state index contributed by atoms with van der Waals surface area (Å²) >= 11 is 0. The molecule has 6 heteroatoms. The van der Waals surface area contributed by atoms with E-state index in [1.165, 1.54) is 4.68 Å². The number of benzene rings is 2. The number of imidazole rings is 1. The smallest absolute Gasteiger partial charge is 0.257 e. The molecule has 2 atom stereocenters. The molecule has 2 heterocycles. The summed E-state index contributed by atoms with van der Waals surface area (Å²) in [5, 5.41) is 9.62. The Labute approximate surface area is 144 Å². The van der Waals surface area contributed by atoms with Crippen molar-refractivity contribution < 1.29 is 4.79 Å². The van der Waals surface area contributed by atoms with Gasteiger partial charge >= 0.3 is 0 Å². The van der Waals surface area contributed by atoms with Crippen molar-refractivity contribution in [1.29, 1.82) is 5.26 Å². The third-order valence-corrected chi connectivity index (χ3v) is 4.42. The number of nitrogens with zero attached hydrogens (tertiary/aromatic N) is 3. The first kappa shape index (κ1) is 15.0. The standard InChI is InChI=1S/C19H15N5O/c20-11-14-15(12-7-3-1-4-8-12)17-16(13-9-5-2-6-10-13)22-19(21)24(17)23-18(14)25/h1-10,14-15H,(H2,21,22)(H,23,25)/t14-,15+/m0/s1. The second-order valence-electron chi connectivity index (χ2n) is 5.88. The van der Waals surface area contributed by atoms with Gasteiger partial charge in [-0.3, -0.25) is 10.2 Å². The van der Waals surface area contributed by atoms with Crippen molar-refractivity contribution >= 4 is 11.9 Å². The first-order chi connectivity index (χ1) is 12.2. The average Bonchev–Trinajstić information content (AvgIpc) is 2.98. The van der Waals surface area contributed by atoms with Gasteiger partial charge in [0.2, 0.25) is 5.95 Å². The summed E-state index contributed by atoms with van der Waals surface area (Å²) < 4.78 is 1.50. The Bertz CT molecular complexity index is 972. The molecule has 3 aromatic rings. The van der Waals surface area contributed by atoms with Crippen LogP contribution in [0.4, 0.5) is 5.95 Å². The van der Waals surface area contributed by atoms with Crippen molar-refractivity contribution in [1.82, 2.24) is 9.66 Å². The summed E-state index contributed by atoms with van der Waals surface area (Å²) in [5.74, 6) is -1.49. The fourth-order valence-corrected chi connectivity index (χ4v) is 3.30. The van der Waals surface area contributed by atoms with Crippen LogP contribution in [-0.2, 0) is 4.79 Å². The van der Waals surface area contributed by atoms with Crippen molar-refractivity contribution in [2.45, 2.75) is 5.92 Å². The molecule has 0 saturated carbocycles. The number of nitrogens with one attached hydrogen (secondary N) is 1. The Kier molecular flexibility index (Phi) is 3.47. The Morgan fingerprint density at radius 1 is 1.08 bits per heavy atom. The van der Waals surface area contributed by atoms with E-state index in [1.54, 1.807) is 0 Å². The van der Waals surface area contributed by atoms with Crippen molar-refractivity contribution in [2.75, 3.05) is 11.2 Å². The molecule has 1 amide bonds. The van der Waals surface area contributed by atoms with Crippen LogP contribution in [0.2, 0.25) is 0 Å². The number of fused-ring (bicyclic) bond motifs is 1. The maximum absolute atomic E-state index is 12.4. The van der Waals surface area contributed by atoms with Crippen LogP contribution in [0, 0.1) is 17.2 Å². The molecule has 0 spiro atoms. The Hall–Kier alpha value is -3.59. The number of nitriles is 1. The summed E-state index contributed by atoms with van der Waals surface area (Å²) in [5.41, 5.74) is 11.9. The van der Waals surface area contributed by atoms with E-state index in [4.69, 9.17) is 5.73 Å². The van der Waals surface area contributed by atoms with Crippen LogP contribution in [0.3, 0.4) is 0 Å². The predicted molar refractivity (Wildman–Crippen MR) is 93.8 cm³/mol. The Morgan fingerprint density at radius 3 is 2.36 bits per heavy atom. The number of hydrogen-bond acceptors (Lipinski definition) is 4. The second kappa shape index (κ2) is 5.80. The highest BCUT2D eigenvalue weighted by molar-refractivity contribution is 5.92. The highest BCUT2D eigenvalue weighted by Gasteiger charge is 2.41. The maximum Gasteiger partial charge on any atom is 0.257 e. The molecule has 0 saturated heterocycles. The lowest BCUT2D eigenvalue weighted by Crippen LogP contribution is -2.40. The minimum Gasteiger partial charge on any atom is -0.368 e. The molecule has 0 radical (unpaired) electrons. The van der Waals surface area contributed by atoms with E-state index in [-0.39, 0.29) is 11.9 Å². The number of carbonyl (C=O) groups excluding carboxylic acids is 1. The number of rotatable bonds is 2. The molecule has 1 aliphatic rings. The molecule has 0 fully saturated rings. The van der Waals surface area contributed by atoms with E-state index in [2.05, 4.69) is 16.5 Å². The van der Waals surface area contributed by atoms with E-state index < -0.39 is 11.8 Å². The topological polar surface area (TPSA) is 96.7 Å². The summed E-state index contributed by atoms with van der Waals surface area (Å²) in [6.45, 7) is 0. The second-order valence-corrected chi connectivity index (χ2v) is 5.88. The van der Waals surface area contributed by atoms with Gasteiger partial charge in [0.05, 0.1) is 23.4 Å². The van der Waals surface area contributed by atoms with E-state index in [0.717, 1.165) is 16.8 Å². The lowest BCUT2D eigenvalue weighted by molar-refractivity contribution is -0.120. The van der Waals surface area contributed by atoms with Crippen LogP contribution >= 0.6 is 0 Å². The van der Waals surface area contributed by atoms with Crippen LogP contribution in [0.5, 0.6) is 0 Å². The summed E-state index contributed by atoms with van der Waals surface area (Å²) in [4.78, 5) is 16.9. The molecule has 25 heavy (non-hydrogen) atoms. The molecule has 0 bridgehead atoms. The molecule has 3 N–H and O–H groups in total. The quantitative estimate of drug-likeness (QED) is 0.755. The summed E-state index contributed by atoms with van der Waals surface area (Å²) in [6, 6.07) is 21.3. The number of nitrogens with two attached hydrogens (primary N) is 1. The van der Waals surface area contributed by atoms with Gasteiger partial charge in [-0.1, -0.05) is 60.7 Å². The number of nitrogen functional groups attached to an aromatic ring is 1. The number of aromatic nitrogens is 2. The molecule has 0 aliphatic carbocycles. The molecule has 1 aliphatic heterocycles. The number of anilines is 1. The van der Waals surface area contributed by atoms with Crippen molar-refractivity contribution in [3.63, 3.8) is 0 Å². The SMILES string of the molecule is N#C[C@@H]1C(=O)Nn2c(N)nc(-c3ccccc3)c2[C@@H]1c1ccccc1. The summed E-state index contributed by atoms with van der Waals surface area (Å²) in [7, 11) is 0. The largest absolute Gasteiger partial charge is 0.368 e. The van der Waals surface area contributed by atoms with Crippen molar-refractivity contribution in [2.24, 2.45) is 5.92 Å². The van der Waals surface area contributed by atoms with E-state index in [1.807, 2.05) is 60.7 Å². The van der Waals surface area contributed by atoms with Gasteiger partial charge in [0, 0.05) is 5.56 Å². The molecule has 0 unspecified atom stereocenters. The maximum atomic E-state index is 12.4. The zero-order chi connectivity index (χ0) is 17.4. The predicted octanol–water partition coefficient (Wildman–Crippen LogP) is 2.49. The van der Waals surface area contributed by atoms with Crippen LogP contribution < -0.4 is 11.2 Å². The molecule has 6 nitrogen and oxygen atoms in total. The zero-order valence-corrected chi connectivity index (χ0v) is 13.3. The molecular weight excluding hydrogens is 314 g/mol. The molecule has 2 aromatic carbocycles. The first-order valence-electron chi connectivity index (χ1n) is 7.89. The third kappa shape index (κ3) is 2.34. The molecular formula is C19H15N5O. The van der Waals surface area contributed by atoms with Gasteiger partial charge in [-0.15, -0.1) is 0 Å². The minimum atomic E-state index is -0.853. The van der Waals surface area contributed by atoms with Gasteiger partial charge in [0.1, 0.15) is 5.92 Å². The number of amides is 1. The van der Waals surface area contributed by atoms with Crippen LogP contribution in [0.25, 0.3) is 11.3 Å². The van der Waals surface area contributed by atoms with Gasteiger partial charge in [0.15, 0.2) is 0 Å². The van der Waals surface area contributed by atoms with Gasteiger partial charge in [-0.05, 0) is 5.56 Å². The monoisotopic (exact) mass is 329 g/mol. The molecule has 1 aromatic heterocycles. The third-order valence-electron chi connectivity index (χ3n) is 4.42. The van der Waals surface area contributed by atoms with Gasteiger partial charge in [-0.25, -0.2) is 9.66 Å². The summed E-state index contributed by atoms with van der Waals surface area (Å²) in [6.07, 6.45) is 0. The lowest BCUT2D eigenvalue weighted by atomic mass is 9.81. The number of hydrogen-bond donors (Lipinski definition) is 2. The first-order valence-corrected chi connectivity index (χ1v) is 7.89. The fraction of sp³-hybridized carbons (Fsp3) is 0.105. The van der Waals surface area contributed by atoms with Crippen LogP contribution in [-0.4, -0.2) is 15.6 Å². The highest BCUT2D eigenvalue weighted by atomic mass is 16.2. The van der Waals surface area contributed by atoms with Gasteiger partial charge < -0.3 is 5.73 Å². The van der Waals surface area contributed by atoms with Crippen LogP contribution in [0.15, 0.2) is 60.7 Å². The highest BCUT2D eigenvalue weighted by Crippen LogP contribution is 2.41. The molecule has 4 rings (SSSR count). The zero-order valence-electron chi connectivity index (χ0n) is 13.3. The minimum absolute atomic E-state index is 0.194. The average molecular weight is 329 g/mol. The van der Waals surface area contributed by atoms with E-state index in [0.29, 0.717) is 5.69 Å². The Morgan fingerprint density at radius 2 is 1.72 bits per heavy atom. The van der Waals surface area contributed by atoms with Gasteiger partial charge in [0.25, 0.3) is 5.91 Å². The van der Waals surface area contributed by atoms with Crippen molar-refractivity contribution in [3.05, 3.63) is 71.9 Å². The van der Waals surface area contributed by atoms with Gasteiger partial charge in [-0.2, -0.15) is 5.26 Å². The fourth-order valence-electron chi connectivity index (χ4n) is 3.30.